The molecule has 2 fully saturated rings. The Morgan fingerprint density at radius 2 is 1.50 bits per heavy atom. The number of carbonyl (C=O) groups excluding carboxylic acids is 4. The van der Waals surface area contributed by atoms with Crippen LogP contribution in [0, 0.1) is 5.92 Å². The van der Waals surface area contributed by atoms with Crippen LogP contribution in [0.15, 0.2) is 78.9 Å². The van der Waals surface area contributed by atoms with Crippen molar-refractivity contribution in [2.75, 3.05) is 18.0 Å². The predicted molar refractivity (Wildman–Crippen MR) is 193 cm³/mol. The van der Waals surface area contributed by atoms with Gasteiger partial charge in [-0.05, 0) is 69.7 Å². The van der Waals surface area contributed by atoms with E-state index in [-0.39, 0.29) is 38.3 Å². The van der Waals surface area contributed by atoms with E-state index in [2.05, 4.69) is 5.32 Å². The largest absolute Gasteiger partial charge is 0.475 e. The zero-order chi connectivity index (χ0) is 37.0. The minimum Gasteiger partial charge on any atom is -0.475 e. The molecule has 11 nitrogen and oxygen atoms in total. The summed E-state index contributed by atoms with van der Waals surface area (Å²) < 4.78 is 5.29. The lowest BCUT2D eigenvalue weighted by Gasteiger charge is -2.52. The lowest BCUT2D eigenvalue weighted by atomic mass is 9.82. The SMILES string of the molecule is CC(=O)[C@@H]1CCNC1(C(=O)O)[N+]1(C(=O)[C@H]2CC[C@@H](c3ccccc3)N2C(=O)[C@H]2Cc3ccccc3N2C(=O)OC(C)(C)C)CCc2ccccc2C1. The average Bonchev–Trinajstić information content (AvgIpc) is 3.87. The quantitative estimate of drug-likeness (QED) is 0.336. The van der Waals surface area contributed by atoms with Gasteiger partial charge in [0.1, 0.15) is 35.9 Å². The molecule has 2 N–H and O–H groups in total. The van der Waals surface area contributed by atoms with Crippen molar-refractivity contribution in [2.45, 2.75) is 95.7 Å². The Balaban J connectivity index is 1.36. The monoisotopic (exact) mass is 707 g/mol. The van der Waals surface area contributed by atoms with Crippen LogP contribution in [0.5, 0.6) is 0 Å². The van der Waals surface area contributed by atoms with E-state index in [0.717, 1.165) is 22.3 Å². The Morgan fingerprint density at radius 1 is 0.846 bits per heavy atom. The van der Waals surface area contributed by atoms with Gasteiger partial charge in [0.25, 0.3) is 5.66 Å². The third kappa shape index (κ3) is 5.70. The molecule has 4 heterocycles. The number of benzene rings is 3. The summed E-state index contributed by atoms with van der Waals surface area (Å²) in [5.74, 6) is -3.33. The van der Waals surface area contributed by atoms with E-state index in [1.54, 1.807) is 31.7 Å². The second-order valence-electron chi connectivity index (χ2n) is 15.6. The Hall–Kier alpha value is -4.87. The van der Waals surface area contributed by atoms with Gasteiger partial charge in [-0.25, -0.2) is 18.9 Å². The number of carboxylic acid groups (broad SMARTS) is 1. The highest BCUT2D eigenvalue weighted by molar-refractivity contribution is 6.02. The molecule has 2 unspecified atom stereocenters. The maximum atomic E-state index is 15.8. The van der Waals surface area contributed by atoms with Crippen molar-refractivity contribution in [1.82, 2.24) is 10.2 Å². The molecule has 6 atom stereocenters. The number of fused-ring (bicyclic) bond motifs is 2. The van der Waals surface area contributed by atoms with Gasteiger partial charge in [-0.1, -0.05) is 72.8 Å². The van der Waals surface area contributed by atoms with Gasteiger partial charge in [0.2, 0.25) is 5.91 Å². The number of quaternary nitrogens is 1. The van der Waals surface area contributed by atoms with Crippen LogP contribution >= 0.6 is 0 Å². The van der Waals surface area contributed by atoms with Crippen LogP contribution in [0.3, 0.4) is 0 Å². The molecule has 11 heteroatoms. The topological polar surface area (TPSA) is 133 Å². The highest BCUT2D eigenvalue weighted by Crippen LogP contribution is 2.47. The van der Waals surface area contributed by atoms with Gasteiger partial charge < -0.3 is 14.7 Å². The van der Waals surface area contributed by atoms with Crippen molar-refractivity contribution < 1.29 is 38.3 Å². The number of likely N-dealkylation sites (tertiary alicyclic amines) is 1. The number of ketones is 1. The summed E-state index contributed by atoms with van der Waals surface area (Å²) in [6.07, 6.45) is 1.03. The molecule has 2 saturated heterocycles. The van der Waals surface area contributed by atoms with Gasteiger partial charge in [0.05, 0.1) is 18.3 Å². The van der Waals surface area contributed by atoms with Crippen molar-refractivity contribution in [1.29, 1.82) is 0 Å². The summed E-state index contributed by atoms with van der Waals surface area (Å²) in [6.45, 7) is 7.18. The first-order valence-electron chi connectivity index (χ1n) is 18.2. The minimum absolute atomic E-state index is 0.0610. The molecule has 7 rings (SSSR count). The first kappa shape index (κ1) is 35.5. The lowest BCUT2D eigenvalue weighted by Crippen LogP contribution is -2.80. The van der Waals surface area contributed by atoms with Crippen molar-refractivity contribution >= 4 is 35.3 Å². The summed E-state index contributed by atoms with van der Waals surface area (Å²) in [5, 5.41) is 14.4. The van der Waals surface area contributed by atoms with Crippen molar-refractivity contribution in [3.8, 4) is 0 Å². The zero-order valence-corrected chi connectivity index (χ0v) is 30.2. The number of nitrogens with one attached hydrogen (secondary N) is 1. The molecule has 0 aliphatic carbocycles. The summed E-state index contributed by atoms with van der Waals surface area (Å²) in [5.41, 5.74) is 1.35. The van der Waals surface area contributed by atoms with Crippen LogP contribution in [-0.4, -0.2) is 80.6 Å². The summed E-state index contributed by atoms with van der Waals surface area (Å²) in [7, 11) is 0. The summed E-state index contributed by atoms with van der Waals surface area (Å²) in [6, 6.07) is 22.1. The van der Waals surface area contributed by atoms with Gasteiger partial charge in [-0.2, -0.15) is 0 Å². The van der Waals surface area contributed by atoms with Crippen molar-refractivity contribution in [2.24, 2.45) is 5.92 Å². The Labute approximate surface area is 304 Å². The van der Waals surface area contributed by atoms with E-state index in [1.807, 2.05) is 72.8 Å². The summed E-state index contributed by atoms with van der Waals surface area (Å²) in [4.78, 5) is 75.0. The number of hydrogen-bond acceptors (Lipinski definition) is 7. The smallest absolute Gasteiger partial charge is 0.415 e. The molecule has 3 amide bonds. The number of nitrogens with zero attached hydrogens (tertiary/aromatic N) is 3. The van der Waals surface area contributed by atoms with Gasteiger partial charge >= 0.3 is 18.0 Å². The fourth-order valence-electron chi connectivity index (χ4n) is 9.33. The Kier molecular flexibility index (Phi) is 9.07. The molecule has 3 aromatic rings. The molecule has 0 spiro atoms. The summed E-state index contributed by atoms with van der Waals surface area (Å²) >= 11 is 0. The molecular weight excluding hydrogens is 660 g/mol. The third-order valence-corrected chi connectivity index (χ3v) is 11.5. The molecule has 52 heavy (non-hydrogen) atoms. The fourth-order valence-corrected chi connectivity index (χ4v) is 9.33. The number of carboxylic acids is 1. The van der Waals surface area contributed by atoms with E-state index in [1.165, 1.54) is 11.8 Å². The third-order valence-electron chi connectivity index (χ3n) is 11.5. The number of amides is 3. The molecule has 272 valence electrons. The average molecular weight is 708 g/mol. The highest BCUT2D eigenvalue weighted by atomic mass is 16.6. The van der Waals surface area contributed by atoms with Gasteiger partial charge in [-0.3, -0.25) is 19.8 Å². The van der Waals surface area contributed by atoms with E-state index < -0.39 is 63.7 Å². The van der Waals surface area contributed by atoms with E-state index >= 15 is 9.59 Å². The standard InChI is InChI=1S/C41H46N4O7/c1-26(46)31-20-22-42-41(31,38(49)50)45(23-21-27-12-8-9-16-30(27)25-45)37(48)34-19-18-33(28-13-6-5-7-14-28)43(34)36(47)35-24-29-15-10-11-17-32(29)44(35)39(51)52-40(2,3)4/h5-17,31,33-35,42H,18-25H2,1-4H3/p+1/t31-,33-,34+,35+,41?,45?/m0/s1. The lowest BCUT2D eigenvalue weighted by molar-refractivity contribution is -0.917. The number of rotatable bonds is 6. The number of hydrogen-bond donors (Lipinski definition) is 2. The van der Waals surface area contributed by atoms with Crippen LogP contribution in [0.25, 0.3) is 0 Å². The maximum absolute atomic E-state index is 15.8. The molecule has 3 aromatic carbocycles. The Morgan fingerprint density at radius 3 is 2.17 bits per heavy atom. The van der Waals surface area contributed by atoms with E-state index in [9.17, 15) is 19.5 Å². The minimum atomic E-state index is -1.93. The van der Waals surface area contributed by atoms with E-state index in [0.29, 0.717) is 24.9 Å². The first-order valence-corrected chi connectivity index (χ1v) is 18.2. The normalized spacial score (nSPS) is 28.2. The van der Waals surface area contributed by atoms with Crippen LogP contribution in [-0.2, 0) is 43.3 Å². The van der Waals surface area contributed by atoms with Crippen molar-refractivity contribution in [3.63, 3.8) is 0 Å². The molecule has 0 aromatic heterocycles. The molecule has 4 aliphatic rings. The number of ether oxygens (including phenoxy) is 1. The van der Waals surface area contributed by atoms with Crippen molar-refractivity contribution in [3.05, 3.63) is 101 Å². The number of para-hydroxylation sites is 1. The zero-order valence-electron chi connectivity index (χ0n) is 30.2. The number of aliphatic carboxylic acids is 1. The maximum Gasteiger partial charge on any atom is 0.415 e. The first-order chi connectivity index (χ1) is 24.8. The van der Waals surface area contributed by atoms with Crippen LogP contribution in [0.2, 0.25) is 0 Å². The predicted octanol–water partition coefficient (Wildman–Crippen LogP) is 5.16. The van der Waals surface area contributed by atoms with Gasteiger partial charge in [0.15, 0.2) is 0 Å². The van der Waals surface area contributed by atoms with E-state index in [4.69, 9.17) is 4.74 Å². The molecule has 4 aliphatic heterocycles. The molecule has 0 saturated carbocycles. The second-order valence-corrected chi connectivity index (χ2v) is 15.6. The number of Topliss-reactive ketones (excluding diaryl/α,β-unsaturated/α-hetero) is 1. The van der Waals surface area contributed by atoms with Crippen LogP contribution in [0.4, 0.5) is 10.5 Å². The molecular formula is C41H47N4O7+. The number of anilines is 1. The highest BCUT2D eigenvalue weighted by Gasteiger charge is 2.71. The second kappa shape index (κ2) is 13.3. The molecule has 0 radical (unpaired) electrons. The van der Waals surface area contributed by atoms with Gasteiger partial charge in [0, 0.05) is 24.9 Å². The van der Waals surface area contributed by atoms with Crippen LogP contribution in [0.1, 0.15) is 75.3 Å². The van der Waals surface area contributed by atoms with Crippen LogP contribution < -0.4 is 10.2 Å². The molecule has 0 bridgehead atoms. The van der Waals surface area contributed by atoms with Gasteiger partial charge in [-0.15, -0.1) is 0 Å². The Bertz CT molecular complexity index is 1920. The number of carbonyl (C=O) groups is 5. The fraction of sp³-hybridized carbons (Fsp3) is 0.439.